The molecule has 1 aromatic heterocycles. The van der Waals surface area contributed by atoms with Gasteiger partial charge in [-0.2, -0.15) is 5.10 Å². The Bertz CT molecular complexity index is 508. The van der Waals surface area contributed by atoms with Gasteiger partial charge in [0.2, 0.25) is 0 Å². The van der Waals surface area contributed by atoms with Gasteiger partial charge in [-0.1, -0.05) is 23.7 Å². The molecule has 4 nitrogen and oxygen atoms in total. The monoisotopic (exact) mass is 263 g/mol. The lowest BCUT2D eigenvalue weighted by molar-refractivity contribution is -0.122. The molecule has 1 atom stereocenters. The highest BCUT2D eigenvalue weighted by molar-refractivity contribution is 6.30. The van der Waals surface area contributed by atoms with Crippen molar-refractivity contribution in [2.45, 2.75) is 25.8 Å². The fraction of sp³-hybridized carbons (Fsp3) is 0.308. The van der Waals surface area contributed by atoms with Gasteiger partial charge in [-0.3, -0.25) is 4.79 Å². The van der Waals surface area contributed by atoms with Crippen molar-refractivity contribution >= 4 is 17.4 Å². The third-order valence-electron chi connectivity index (χ3n) is 2.87. The van der Waals surface area contributed by atoms with Gasteiger partial charge in [0, 0.05) is 11.4 Å². The van der Waals surface area contributed by atoms with Gasteiger partial charge < -0.3 is 0 Å². The average molecular weight is 264 g/mol. The van der Waals surface area contributed by atoms with Gasteiger partial charge in [-0.25, -0.2) is 9.67 Å². The van der Waals surface area contributed by atoms with E-state index in [0.29, 0.717) is 11.4 Å². The van der Waals surface area contributed by atoms with Crippen LogP contribution in [0.2, 0.25) is 5.02 Å². The summed E-state index contributed by atoms with van der Waals surface area (Å²) < 4.78 is 1.57. The third-order valence-corrected chi connectivity index (χ3v) is 3.12. The number of aryl methyl sites for hydroxylation is 1. The SMILES string of the molecule is CC(C(=O)CCc1ccc(Cl)cc1)n1cncn1. The van der Waals surface area contributed by atoms with Gasteiger partial charge >= 0.3 is 0 Å². The summed E-state index contributed by atoms with van der Waals surface area (Å²) in [6.45, 7) is 1.83. The minimum Gasteiger partial charge on any atom is -0.297 e. The maximum Gasteiger partial charge on any atom is 0.157 e. The van der Waals surface area contributed by atoms with Crippen LogP contribution in [-0.2, 0) is 11.2 Å². The lowest BCUT2D eigenvalue weighted by Crippen LogP contribution is -2.17. The molecular weight excluding hydrogens is 250 g/mol. The predicted molar refractivity (Wildman–Crippen MR) is 69.5 cm³/mol. The van der Waals surface area contributed by atoms with Crippen molar-refractivity contribution in [1.82, 2.24) is 14.8 Å². The first-order chi connectivity index (χ1) is 8.66. The maximum atomic E-state index is 12.0. The van der Waals surface area contributed by atoms with Crippen LogP contribution < -0.4 is 0 Å². The Kier molecular flexibility index (Phi) is 4.10. The second kappa shape index (κ2) is 5.78. The van der Waals surface area contributed by atoms with Gasteiger partial charge in [-0.15, -0.1) is 0 Å². The molecule has 0 bridgehead atoms. The van der Waals surface area contributed by atoms with E-state index < -0.39 is 0 Å². The molecule has 1 heterocycles. The molecule has 5 heteroatoms. The maximum absolute atomic E-state index is 12.0. The van der Waals surface area contributed by atoms with Crippen molar-refractivity contribution in [3.8, 4) is 0 Å². The van der Waals surface area contributed by atoms with Gasteiger partial charge in [0.1, 0.15) is 18.7 Å². The molecule has 0 radical (unpaired) electrons. The van der Waals surface area contributed by atoms with E-state index in [4.69, 9.17) is 11.6 Å². The molecule has 1 aromatic carbocycles. The van der Waals surface area contributed by atoms with Crippen LogP contribution in [-0.4, -0.2) is 20.5 Å². The van der Waals surface area contributed by atoms with E-state index in [9.17, 15) is 4.79 Å². The standard InChI is InChI=1S/C13H14ClN3O/c1-10(17-9-15-8-16-17)13(18)7-4-11-2-5-12(14)6-3-11/h2-3,5-6,8-10H,4,7H2,1H3. The quantitative estimate of drug-likeness (QED) is 0.833. The van der Waals surface area contributed by atoms with E-state index >= 15 is 0 Å². The van der Waals surface area contributed by atoms with E-state index in [1.807, 2.05) is 31.2 Å². The Morgan fingerprint density at radius 2 is 2.11 bits per heavy atom. The lowest BCUT2D eigenvalue weighted by Gasteiger charge is -2.10. The number of carbonyl (C=O) groups excluding carboxylic acids is 1. The van der Waals surface area contributed by atoms with Crippen molar-refractivity contribution in [2.24, 2.45) is 0 Å². The number of Topliss-reactive ketones (excluding diaryl/α,β-unsaturated/α-hetero) is 1. The van der Waals surface area contributed by atoms with E-state index in [2.05, 4.69) is 10.1 Å². The topological polar surface area (TPSA) is 47.8 Å². The summed E-state index contributed by atoms with van der Waals surface area (Å²) in [5, 5.41) is 4.68. The van der Waals surface area contributed by atoms with Crippen molar-refractivity contribution < 1.29 is 4.79 Å². The highest BCUT2D eigenvalue weighted by atomic mass is 35.5. The van der Waals surface area contributed by atoms with Gasteiger partial charge in [0.25, 0.3) is 0 Å². The Morgan fingerprint density at radius 3 is 2.72 bits per heavy atom. The van der Waals surface area contributed by atoms with Crippen LogP contribution >= 0.6 is 11.6 Å². The normalized spacial score (nSPS) is 12.3. The first-order valence-corrected chi connectivity index (χ1v) is 6.16. The van der Waals surface area contributed by atoms with Crippen molar-refractivity contribution in [3.63, 3.8) is 0 Å². The molecule has 0 amide bonds. The average Bonchev–Trinajstić information content (AvgIpc) is 2.90. The van der Waals surface area contributed by atoms with Crippen LogP contribution in [0, 0.1) is 0 Å². The number of ketones is 1. The largest absolute Gasteiger partial charge is 0.297 e. The zero-order valence-electron chi connectivity index (χ0n) is 10.1. The second-order valence-corrected chi connectivity index (χ2v) is 4.58. The number of halogens is 1. The van der Waals surface area contributed by atoms with Gasteiger partial charge in [0.15, 0.2) is 5.78 Å². The third kappa shape index (κ3) is 3.17. The van der Waals surface area contributed by atoms with E-state index in [-0.39, 0.29) is 11.8 Å². The molecule has 0 aliphatic carbocycles. The zero-order chi connectivity index (χ0) is 13.0. The first kappa shape index (κ1) is 12.8. The van der Waals surface area contributed by atoms with E-state index in [1.165, 1.54) is 6.33 Å². The number of aromatic nitrogens is 3. The minimum absolute atomic E-state index is 0.149. The summed E-state index contributed by atoms with van der Waals surface area (Å²) in [6, 6.07) is 7.29. The Morgan fingerprint density at radius 1 is 1.39 bits per heavy atom. The zero-order valence-corrected chi connectivity index (χ0v) is 10.8. The Hall–Kier alpha value is -1.68. The molecule has 0 fully saturated rings. The molecule has 1 unspecified atom stereocenters. The van der Waals surface area contributed by atoms with Crippen LogP contribution in [0.4, 0.5) is 0 Å². The summed E-state index contributed by atoms with van der Waals surface area (Å²) in [4.78, 5) is 15.8. The van der Waals surface area contributed by atoms with Crippen LogP contribution in [0.1, 0.15) is 24.9 Å². The summed E-state index contributed by atoms with van der Waals surface area (Å²) in [5.41, 5.74) is 1.11. The molecule has 0 saturated carbocycles. The summed E-state index contributed by atoms with van der Waals surface area (Å²) in [7, 11) is 0. The van der Waals surface area contributed by atoms with Crippen LogP contribution in [0.25, 0.3) is 0 Å². The second-order valence-electron chi connectivity index (χ2n) is 4.14. The van der Waals surface area contributed by atoms with Gasteiger partial charge in [0.05, 0.1) is 0 Å². The van der Waals surface area contributed by atoms with Crippen LogP contribution in [0.15, 0.2) is 36.9 Å². The van der Waals surface area contributed by atoms with Gasteiger partial charge in [-0.05, 0) is 31.0 Å². The van der Waals surface area contributed by atoms with Crippen molar-refractivity contribution in [2.75, 3.05) is 0 Å². The fourth-order valence-corrected chi connectivity index (χ4v) is 1.82. The number of carbonyl (C=O) groups is 1. The number of hydrogen-bond donors (Lipinski definition) is 0. The van der Waals surface area contributed by atoms with Crippen molar-refractivity contribution in [1.29, 1.82) is 0 Å². The molecule has 0 aliphatic rings. The molecule has 0 saturated heterocycles. The first-order valence-electron chi connectivity index (χ1n) is 5.78. The molecule has 94 valence electrons. The number of benzene rings is 1. The number of nitrogens with zero attached hydrogens (tertiary/aromatic N) is 3. The molecule has 0 N–H and O–H groups in total. The van der Waals surface area contributed by atoms with Crippen LogP contribution in [0.5, 0.6) is 0 Å². The smallest absolute Gasteiger partial charge is 0.157 e. The predicted octanol–water partition coefficient (Wildman–Crippen LogP) is 2.69. The van der Waals surface area contributed by atoms with Crippen molar-refractivity contribution in [3.05, 3.63) is 47.5 Å². The molecule has 18 heavy (non-hydrogen) atoms. The summed E-state index contributed by atoms with van der Waals surface area (Å²) >= 11 is 5.81. The number of hydrogen-bond acceptors (Lipinski definition) is 3. The molecular formula is C13H14ClN3O. The minimum atomic E-state index is -0.264. The molecule has 2 aromatic rings. The molecule has 2 rings (SSSR count). The highest BCUT2D eigenvalue weighted by Crippen LogP contribution is 2.13. The number of rotatable bonds is 5. The Labute approximate surface area is 111 Å². The fourth-order valence-electron chi connectivity index (χ4n) is 1.69. The van der Waals surface area contributed by atoms with E-state index in [1.54, 1.807) is 11.0 Å². The summed E-state index contributed by atoms with van der Waals surface area (Å²) in [5.74, 6) is 0.149. The van der Waals surface area contributed by atoms with E-state index in [0.717, 1.165) is 12.0 Å². The summed E-state index contributed by atoms with van der Waals surface area (Å²) in [6.07, 6.45) is 4.20. The Balaban J connectivity index is 1.90. The molecule has 0 aliphatic heterocycles. The lowest BCUT2D eigenvalue weighted by atomic mass is 10.0. The molecule has 0 spiro atoms. The van der Waals surface area contributed by atoms with Crippen LogP contribution in [0.3, 0.4) is 0 Å². The highest BCUT2D eigenvalue weighted by Gasteiger charge is 2.14.